The second-order valence-corrected chi connectivity index (χ2v) is 4.91. The van der Waals surface area contributed by atoms with E-state index in [1.54, 1.807) is 6.92 Å². The first kappa shape index (κ1) is 12.0. The molecular weight excluding hydrogens is 355 g/mol. The Morgan fingerprint density at radius 2 is 2.29 bits per heavy atom. The Labute approximate surface area is 106 Å². The van der Waals surface area contributed by atoms with Crippen LogP contribution < -0.4 is 0 Å². The van der Waals surface area contributed by atoms with E-state index >= 15 is 0 Å². The lowest BCUT2D eigenvalue weighted by Gasteiger charge is -2.10. The lowest BCUT2D eigenvalue weighted by atomic mass is 10.1. The van der Waals surface area contributed by atoms with E-state index in [9.17, 15) is 5.11 Å². The maximum absolute atomic E-state index is 9.82. The molecule has 0 aliphatic rings. The summed E-state index contributed by atoms with van der Waals surface area (Å²) in [6.07, 6.45) is -0.0265. The van der Waals surface area contributed by atoms with E-state index in [-0.39, 0.29) is 0 Å². The van der Waals surface area contributed by atoms with Gasteiger partial charge in [-0.2, -0.15) is 0 Å². The van der Waals surface area contributed by atoms with Gasteiger partial charge in [0.15, 0.2) is 0 Å². The summed E-state index contributed by atoms with van der Waals surface area (Å²) in [5.41, 5.74) is 0.902. The Morgan fingerprint density at radius 3 is 2.93 bits per heavy atom. The molecule has 1 aromatic rings. The molecule has 0 spiro atoms. The van der Waals surface area contributed by atoms with E-state index in [1.165, 1.54) is 0 Å². The van der Waals surface area contributed by atoms with Crippen LogP contribution in [-0.2, 0) is 0 Å². The number of hydrogen-bond donors (Lipinski definition) is 1. The minimum Gasteiger partial charge on any atom is -0.387 e. The maximum atomic E-state index is 9.82. The Bertz CT molecular complexity index is 379. The van der Waals surface area contributed by atoms with Crippen LogP contribution in [0, 0.1) is 15.4 Å². The first-order chi connectivity index (χ1) is 6.65. The van der Waals surface area contributed by atoms with Gasteiger partial charge in [0.1, 0.15) is 0 Å². The molecule has 1 rings (SSSR count). The third-order valence-corrected chi connectivity index (χ3v) is 3.18. The van der Waals surface area contributed by atoms with Gasteiger partial charge >= 0.3 is 0 Å². The number of hydrogen-bond acceptors (Lipinski definition) is 1. The Hall–Kier alpha value is -0.0500. The van der Waals surface area contributed by atoms with Gasteiger partial charge in [-0.1, -0.05) is 15.9 Å². The molecule has 0 amide bonds. The smallest absolute Gasteiger partial charge is 0.0910 e. The van der Waals surface area contributed by atoms with Gasteiger partial charge in [0, 0.05) is 14.5 Å². The number of benzene rings is 1. The monoisotopic (exact) mass is 364 g/mol. The molecular formula is C11H10BrIO. The molecule has 3 heteroatoms. The van der Waals surface area contributed by atoms with E-state index in [4.69, 9.17) is 0 Å². The summed E-state index contributed by atoms with van der Waals surface area (Å²) in [6, 6.07) is 5.90. The van der Waals surface area contributed by atoms with Gasteiger partial charge in [-0.15, -0.1) is 11.8 Å². The van der Waals surface area contributed by atoms with Crippen LogP contribution in [-0.4, -0.2) is 5.11 Å². The predicted octanol–water partition coefficient (Wildman–Crippen LogP) is 3.50. The molecule has 0 saturated carbocycles. The van der Waals surface area contributed by atoms with Crippen LogP contribution >= 0.6 is 38.5 Å². The standard InChI is InChI=1S/C11H10BrIO/c1-2-3-4-11(14)9-7-8(13)5-6-10(9)12/h5-7,11,14H,4H2,1H3. The molecule has 1 N–H and O–H groups in total. The summed E-state index contributed by atoms with van der Waals surface area (Å²) in [5, 5.41) is 9.82. The third-order valence-electron chi connectivity index (χ3n) is 1.79. The van der Waals surface area contributed by atoms with Crippen LogP contribution in [0.1, 0.15) is 25.0 Å². The Balaban J connectivity index is 2.91. The largest absolute Gasteiger partial charge is 0.387 e. The fourth-order valence-electron chi connectivity index (χ4n) is 1.08. The van der Waals surface area contributed by atoms with Crippen LogP contribution in [0.15, 0.2) is 22.7 Å². The summed E-state index contributed by atoms with van der Waals surface area (Å²) in [5.74, 6) is 5.65. The van der Waals surface area contributed by atoms with Crippen LogP contribution in [0.5, 0.6) is 0 Å². The second kappa shape index (κ2) is 5.74. The van der Waals surface area contributed by atoms with Gasteiger partial charge < -0.3 is 5.11 Å². The van der Waals surface area contributed by atoms with Gasteiger partial charge in [0.2, 0.25) is 0 Å². The minimum absolute atomic E-state index is 0.481. The topological polar surface area (TPSA) is 20.2 Å². The molecule has 1 unspecified atom stereocenters. The molecule has 0 heterocycles. The highest BCUT2D eigenvalue weighted by Crippen LogP contribution is 2.26. The van der Waals surface area contributed by atoms with Crippen molar-refractivity contribution in [2.24, 2.45) is 0 Å². The van der Waals surface area contributed by atoms with Gasteiger partial charge in [-0.05, 0) is 53.3 Å². The molecule has 0 bridgehead atoms. The number of aliphatic hydroxyl groups is 1. The molecule has 0 fully saturated rings. The second-order valence-electron chi connectivity index (χ2n) is 2.81. The van der Waals surface area contributed by atoms with Crippen LogP contribution in [0.25, 0.3) is 0 Å². The molecule has 1 nitrogen and oxygen atoms in total. The van der Waals surface area contributed by atoms with Crippen molar-refractivity contribution in [2.75, 3.05) is 0 Å². The molecule has 0 aliphatic heterocycles. The summed E-state index contributed by atoms with van der Waals surface area (Å²) >= 11 is 5.64. The van der Waals surface area contributed by atoms with Crippen molar-refractivity contribution >= 4 is 38.5 Å². The summed E-state index contributed by atoms with van der Waals surface area (Å²) in [7, 11) is 0. The molecule has 1 aromatic carbocycles. The Kier molecular flexibility index (Phi) is 4.93. The zero-order chi connectivity index (χ0) is 10.6. The number of halogens is 2. The number of rotatable bonds is 2. The van der Waals surface area contributed by atoms with Crippen molar-refractivity contribution in [1.29, 1.82) is 0 Å². The highest BCUT2D eigenvalue weighted by molar-refractivity contribution is 14.1. The summed E-state index contributed by atoms with van der Waals surface area (Å²) in [4.78, 5) is 0. The maximum Gasteiger partial charge on any atom is 0.0910 e. The number of aliphatic hydroxyl groups excluding tert-OH is 1. The van der Waals surface area contributed by atoms with Crippen molar-refractivity contribution in [1.82, 2.24) is 0 Å². The van der Waals surface area contributed by atoms with Crippen molar-refractivity contribution in [3.63, 3.8) is 0 Å². The van der Waals surface area contributed by atoms with Gasteiger partial charge in [0.25, 0.3) is 0 Å². The van der Waals surface area contributed by atoms with Crippen molar-refractivity contribution < 1.29 is 5.11 Å². The fourth-order valence-corrected chi connectivity index (χ4v) is 2.10. The fraction of sp³-hybridized carbons (Fsp3) is 0.273. The summed E-state index contributed by atoms with van der Waals surface area (Å²) in [6.45, 7) is 1.77. The van der Waals surface area contributed by atoms with E-state index < -0.39 is 6.10 Å². The molecule has 0 radical (unpaired) electrons. The average molecular weight is 365 g/mol. The zero-order valence-electron chi connectivity index (χ0n) is 7.72. The third kappa shape index (κ3) is 3.26. The predicted molar refractivity (Wildman–Crippen MR) is 69.9 cm³/mol. The summed E-state index contributed by atoms with van der Waals surface area (Å²) < 4.78 is 2.05. The molecule has 0 saturated heterocycles. The van der Waals surface area contributed by atoms with E-state index in [2.05, 4.69) is 50.4 Å². The van der Waals surface area contributed by atoms with Crippen LogP contribution in [0.4, 0.5) is 0 Å². The Morgan fingerprint density at radius 1 is 1.57 bits per heavy atom. The van der Waals surface area contributed by atoms with E-state index in [0.29, 0.717) is 6.42 Å². The van der Waals surface area contributed by atoms with Crippen LogP contribution in [0.2, 0.25) is 0 Å². The lowest BCUT2D eigenvalue weighted by molar-refractivity contribution is 0.183. The van der Waals surface area contributed by atoms with E-state index in [0.717, 1.165) is 13.6 Å². The molecule has 14 heavy (non-hydrogen) atoms. The van der Waals surface area contributed by atoms with Crippen molar-refractivity contribution in [2.45, 2.75) is 19.4 Å². The van der Waals surface area contributed by atoms with Crippen molar-refractivity contribution in [3.8, 4) is 11.8 Å². The zero-order valence-corrected chi connectivity index (χ0v) is 11.5. The highest BCUT2D eigenvalue weighted by atomic mass is 127. The first-order valence-corrected chi connectivity index (χ1v) is 6.05. The van der Waals surface area contributed by atoms with Gasteiger partial charge in [0.05, 0.1) is 6.10 Å². The SMILES string of the molecule is CC#CCC(O)c1cc(I)ccc1Br. The van der Waals surface area contributed by atoms with Gasteiger partial charge in [-0.25, -0.2) is 0 Å². The molecule has 0 aliphatic carbocycles. The highest BCUT2D eigenvalue weighted by Gasteiger charge is 2.10. The molecule has 74 valence electrons. The van der Waals surface area contributed by atoms with E-state index in [1.807, 2.05) is 18.2 Å². The quantitative estimate of drug-likeness (QED) is 0.629. The van der Waals surface area contributed by atoms with Crippen LogP contribution in [0.3, 0.4) is 0 Å². The average Bonchev–Trinajstić information content (AvgIpc) is 2.18. The molecule has 0 aromatic heterocycles. The van der Waals surface area contributed by atoms with Crippen molar-refractivity contribution in [3.05, 3.63) is 31.8 Å². The molecule has 1 atom stereocenters. The lowest BCUT2D eigenvalue weighted by Crippen LogP contribution is -1.97. The first-order valence-electron chi connectivity index (χ1n) is 4.17. The van der Waals surface area contributed by atoms with Gasteiger partial charge in [-0.3, -0.25) is 0 Å². The normalized spacial score (nSPS) is 11.7. The minimum atomic E-state index is -0.508.